The van der Waals surface area contributed by atoms with Crippen molar-refractivity contribution in [2.75, 3.05) is 18.4 Å². The molecule has 2 amide bonds. The van der Waals surface area contributed by atoms with Crippen LogP contribution >= 0.6 is 22.6 Å². The molecule has 4 aromatic rings. The summed E-state index contributed by atoms with van der Waals surface area (Å²) in [4.78, 5) is 54.5. The van der Waals surface area contributed by atoms with E-state index in [4.69, 9.17) is 4.74 Å². The van der Waals surface area contributed by atoms with E-state index in [1.54, 1.807) is 42.6 Å². The van der Waals surface area contributed by atoms with Crippen LogP contribution in [0.1, 0.15) is 72.4 Å². The predicted molar refractivity (Wildman–Crippen MR) is 187 cm³/mol. The van der Waals surface area contributed by atoms with Gasteiger partial charge in [0.05, 0.1) is 15.8 Å². The summed E-state index contributed by atoms with van der Waals surface area (Å²) in [6.45, 7) is 6.09. The minimum absolute atomic E-state index is 0.0135. The van der Waals surface area contributed by atoms with Gasteiger partial charge >= 0.3 is 11.8 Å². The van der Waals surface area contributed by atoms with Crippen molar-refractivity contribution < 1.29 is 19.1 Å². The van der Waals surface area contributed by atoms with Gasteiger partial charge in [-0.2, -0.15) is 4.98 Å². The van der Waals surface area contributed by atoms with Crippen molar-refractivity contribution in [1.82, 2.24) is 20.2 Å². The Bertz CT molecular complexity index is 1690. The molecule has 0 bridgehead atoms. The lowest BCUT2D eigenvalue weighted by atomic mass is 10.00. The summed E-state index contributed by atoms with van der Waals surface area (Å²) in [6.07, 6.45) is 3.42. The zero-order chi connectivity index (χ0) is 33.1. The van der Waals surface area contributed by atoms with Crippen molar-refractivity contribution in [2.45, 2.75) is 51.7 Å². The summed E-state index contributed by atoms with van der Waals surface area (Å²) in [5, 5.41) is 8.90. The van der Waals surface area contributed by atoms with Gasteiger partial charge in [0.1, 0.15) is 5.60 Å². The predicted octanol–water partition coefficient (Wildman–Crippen LogP) is 6.30. The minimum Gasteiger partial charge on any atom is -0.444 e. The molecule has 11 heteroatoms. The molecule has 46 heavy (non-hydrogen) atoms. The van der Waals surface area contributed by atoms with E-state index < -0.39 is 17.4 Å². The third kappa shape index (κ3) is 10.3. The zero-order valence-electron chi connectivity index (χ0n) is 26.1. The highest BCUT2D eigenvalue weighted by Crippen LogP contribution is 2.22. The number of nitrogens with one attached hydrogen (secondary N) is 3. The van der Waals surface area contributed by atoms with Crippen LogP contribution in [0.5, 0.6) is 0 Å². The average Bonchev–Trinajstić information content (AvgIpc) is 3.04. The van der Waals surface area contributed by atoms with Gasteiger partial charge in [-0.05, 0) is 92.5 Å². The molecule has 1 heterocycles. The lowest BCUT2D eigenvalue weighted by Crippen LogP contribution is -2.33. The van der Waals surface area contributed by atoms with Gasteiger partial charge in [0.2, 0.25) is 0 Å². The van der Waals surface area contributed by atoms with Crippen molar-refractivity contribution in [1.29, 1.82) is 0 Å². The minimum atomic E-state index is -0.559. The fourth-order valence-electron chi connectivity index (χ4n) is 4.65. The first-order valence-electron chi connectivity index (χ1n) is 15.0. The molecule has 0 unspecified atom stereocenters. The number of unbranched alkanes of at least 4 members (excludes halogenated alkanes) is 1. The highest BCUT2D eigenvalue weighted by molar-refractivity contribution is 14.1. The molecule has 0 saturated carbocycles. The van der Waals surface area contributed by atoms with E-state index >= 15 is 0 Å². The Labute approximate surface area is 282 Å². The lowest BCUT2D eigenvalue weighted by Gasteiger charge is -2.21. The lowest BCUT2D eigenvalue weighted by molar-refractivity contribution is 0.0526. The van der Waals surface area contributed by atoms with E-state index in [-0.39, 0.29) is 30.1 Å². The average molecular weight is 736 g/mol. The van der Waals surface area contributed by atoms with Gasteiger partial charge in [-0.25, -0.2) is 9.59 Å². The molecule has 3 N–H and O–H groups in total. The Morgan fingerprint density at radius 1 is 0.891 bits per heavy atom. The van der Waals surface area contributed by atoms with Crippen molar-refractivity contribution >= 4 is 46.2 Å². The number of halogens is 1. The molecular formula is C35H38IN5O5. The number of benzene rings is 3. The molecule has 3 aromatic carbocycles. The van der Waals surface area contributed by atoms with Crippen LogP contribution in [0.25, 0.3) is 5.69 Å². The number of rotatable bonds is 13. The van der Waals surface area contributed by atoms with E-state index in [1.807, 2.05) is 91.9 Å². The summed E-state index contributed by atoms with van der Waals surface area (Å²) in [5.74, 6) is -0.168. The van der Waals surface area contributed by atoms with E-state index in [0.717, 1.165) is 18.4 Å². The van der Waals surface area contributed by atoms with Gasteiger partial charge in [-0.1, -0.05) is 60.7 Å². The van der Waals surface area contributed by atoms with Crippen molar-refractivity contribution in [3.8, 4) is 5.69 Å². The second kappa shape index (κ2) is 16.3. The first-order valence-corrected chi connectivity index (χ1v) is 16.1. The number of alkyl carbamates (subject to hydrolysis) is 1. The quantitative estimate of drug-likeness (QED) is 0.0835. The summed E-state index contributed by atoms with van der Waals surface area (Å²) in [6, 6.07) is 25.2. The van der Waals surface area contributed by atoms with Crippen molar-refractivity contribution in [3.05, 3.63) is 122 Å². The third-order valence-electron chi connectivity index (χ3n) is 6.92. The van der Waals surface area contributed by atoms with Crippen LogP contribution in [-0.4, -0.2) is 46.0 Å². The van der Waals surface area contributed by atoms with Crippen molar-refractivity contribution in [3.63, 3.8) is 0 Å². The molecule has 0 fully saturated rings. The summed E-state index contributed by atoms with van der Waals surface area (Å²) >= 11 is 2.04. The first kappa shape index (κ1) is 34.5. The molecule has 1 aromatic heterocycles. The van der Waals surface area contributed by atoms with E-state index in [0.29, 0.717) is 33.4 Å². The SMILES string of the molecule is CC(C)(C)OC(=O)NCCCC[C@@H](NCC(=O)c1ccccc1)c1ccc(-n2cc(I)c(NC(=O)c3ccccc3)nc2=O)cc1. The highest BCUT2D eigenvalue weighted by Gasteiger charge is 2.17. The first-order chi connectivity index (χ1) is 22.0. The maximum absolute atomic E-state index is 13.0. The van der Waals surface area contributed by atoms with E-state index in [2.05, 4.69) is 20.9 Å². The van der Waals surface area contributed by atoms with Gasteiger partial charge in [0.15, 0.2) is 11.6 Å². The Balaban J connectivity index is 1.44. The van der Waals surface area contributed by atoms with Crippen LogP contribution in [0.4, 0.5) is 10.6 Å². The molecule has 0 aliphatic rings. The fraction of sp³-hybridized carbons (Fsp3) is 0.286. The molecular weight excluding hydrogens is 697 g/mol. The second-order valence-electron chi connectivity index (χ2n) is 11.6. The van der Waals surface area contributed by atoms with Crippen LogP contribution in [-0.2, 0) is 4.74 Å². The normalized spacial score (nSPS) is 11.8. The van der Waals surface area contributed by atoms with Gasteiger partial charge in [0, 0.05) is 29.9 Å². The number of carbonyl (C=O) groups excluding carboxylic acids is 3. The topological polar surface area (TPSA) is 131 Å². The number of anilines is 1. The van der Waals surface area contributed by atoms with Gasteiger partial charge < -0.3 is 20.7 Å². The molecule has 0 saturated heterocycles. The summed E-state index contributed by atoms with van der Waals surface area (Å²) < 4.78 is 7.32. The Morgan fingerprint density at radius 3 is 2.15 bits per heavy atom. The molecule has 240 valence electrons. The van der Waals surface area contributed by atoms with Crippen molar-refractivity contribution in [2.24, 2.45) is 0 Å². The second-order valence-corrected chi connectivity index (χ2v) is 12.8. The number of carbonyl (C=O) groups is 3. The smallest absolute Gasteiger partial charge is 0.407 e. The monoisotopic (exact) mass is 735 g/mol. The van der Waals surface area contributed by atoms with Gasteiger partial charge in [-0.15, -0.1) is 0 Å². The van der Waals surface area contributed by atoms with E-state index in [1.165, 1.54) is 4.57 Å². The molecule has 0 spiro atoms. The van der Waals surface area contributed by atoms with Gasteiger partial charge in [0.25, 0.3) is 5.91 Å². The molecule has 0 radical (unpaired) electrons. The van der Waals surface area contributed by atoms with Crippen LogP contribution in [0.3, 0.4) is 0 Å². The fourth-order valence-corrected chi connectivity index (χ4v) is 5.18. The molecule has 4 rings (SSSR count). The maximum atomic E-state index is 13.0. The number of nitrogens with zero attached hydrogens (tertiary/aromatic N) is 2. The highest BCUT2D eigenvalue weighted by atomic mass is 127. The number of amides is 2. The Morgan fingerprint density at radius 2 is 1.52 bits per heavy atom. The summed E-state index contributed by atoms with van der Waals surface area (Å²) in [7, 11) is 0. The Kier molecular flexibility index (Phi) is 12.2. The largest absolute Gasteiger partial charge is 0.444 e. The standard InChI is InChI=1S/C35H38IN5O5/c1-35(2,3)46-34(45)37-21-11-10-16-29(38-22-30(42)25-12-6-4-7-13-25)24-17-19-27(20-18-24)41-23-28(36)31(40-33(41)44)39-32(43)26-14-8-5-9-15-26/h4-9,12-15,17-20,23,29,38H,10-11,16,21-22H2,1-3H3,(H,37,45)(H,39,40,43,44)/t29-/m1/s1. The third-order valence-corrected chi connectivity index (χ3v) is 7.71. The number of aromatic nitrogens is 2. The number of ketones is 1. The molecule has 0 aliphatic heterocycles. The van der Waals surface area contributed by atoms with Gasteiger partial charge in [-0.3, -0.25) is 14.2 Å². The number of Topliss-reactive ketones (excluding diaryl/α,β-unsaturated/α-hetero) is 1. The van der Waals surface area contributed by atoms with Crippen LogP contribution in [0, 0.1) is 3.57 Å². The van der Waals surface area contributed by atoms with Crippen LogP contribution in [0.2, 0.25) is 0 Å². The number of ether oxygens (including phenoxy) is 1. The maximum Gasteiger partial charge on any atom is 0.407 e. The number of hydrogen-bond donors (Lipinski definition) is 3. The Hall–Kier alpha value is -4.36. The zero-order valence-corrected chi connectivity index (χ0v) is 28.2. The molecule has 10 nitrogen and oxygen atoms in total. The van der Waals surface area contributed by atoms with Crippen LogP contribution < -0.4 is 21.6 Å². The molecule has 1 atom stereocenters. The number of hydrogen-bond acceptors (Lipinski definition) is 7. The van der Waals surface area contributed by atoms with E-state index in [9.17, 15) is 19.2 Å². The summed E-state index contributed by atoms with van der Waals surface area (Å²) in [5.41, 5.74) is 1.57. The molecule has 0 aliphatic carbocycles. The van der Waals surface area contributed by atoms with Crippen LogP contribution in [0.15, 0.2) is 95.9 Å².